The molecule has 168 valence electrons. The minimum atomic E-state index is -0.0109. The Morgan fingerprint density at radius 3 is 2.35 bits per heavy atom. The third kappa shape index (κ3) is 3.58. The summed E-state index contributed by atoms with van der Waals surface area (Å²) in [7, 11) is 0. The number of benzene rings is 3. The first-order valence-corrected chi connectivity index (χ1v) is 11.9. The summed E-state index contributed by atoms with van der Waals surface area (Å²) in [5.41, 5.74) is 6.66. The zero-order chi connectivity index (χ0) is 23.1. The van der Waals surface area contributed by atoms with Crippen LogP contribution in [0.1, 0.15) is 25.0 Å². The van der Waals surface area contributed by atoms with Gasteiger partial charge < -0.3 is 0 Å². The maximum Gasteiger partial charge on any atom is 0.333 e. The maximum atomic E-state index is 13.7. The SMILES string of the molecule is O=c1n(Cc2cc(-c3ccc(Cl)cc3)nn2-c2ccccc2)c2ccccc2n1C1=CCCC1. The van der Waals surface area contributed by atoms with E-state index in [1.165, 1.54) is 0 Å². The van der Waals surface area contributed by atoms with E-state index in [0.717, 1.165) is 58.6 Å². The van der Waals surface area contributed by atoms with E-state index in [0.29, 0.717) is 11.6 Å². The third-order valence-corrected chi connectivity index (χ3v) is 6.64. The number of allylic oxidation sites excluding steroid dienone is 2. The van der Waals surface area contributed by atoms with Crippen molar-refractivity contribution in [2.75, 3.05) is 0 Å². The van der Waals surface area contributed by atoms with E-state index in [1.54, 1.807) is 0 Å². The molecule has 1 aliphatic rings. The number of fused-ring (bicyclic) bond motifs is 1. The molecule has 0 bridgehead atoms. The molecule has 2 aromatic heterocycles. The number of aromatic nitrogens is 4. The van der Waals surface area contributed by atoms with Crippen molar-refractivity contribution >= 4 is 28.3 Å². The van der Waals surface area contributed by atoms with Crippen LogP contribution in [-0.4, -0.2) is 18.9 Å². The summed E-state index contributed by atoms with van der Waals surface area (Å²) < 4.78 is 5.67. The number of rotatable bonds is 5. The van der Waals surface area contributed by atoms with Crippen LogP contribution in [0.5, 0.6) is 0 Å². The van der Waals surface area contributed by atoms with E-state index in [2.05, 4.69) is 12.1 Å². The van der Waals surface area contributed by atoms with Gasteiger partial charge in [0.15, 0.2) is 0 Å². The smallest absolute Gasteiger partial charge is 0.286 e. The van der Waals surface area contributed by atoms with Gasteiger partial charge in [-0.3, -0.25) is 9.13 Å². The Hall–Kier alpha value is -3.83. The van der Waals surface area contributed by atoms with Crippen molar-refractivity contribution in [2.24, 2.45) is 0 Å². The van der Waals surface area contributed by atoms with Gasteiger partial charge >= 0.3 is 5.69 Å². The number of halogens is 1. The van der Waals surface area contributed by atoms with Gasteiger partial charge in [-0.05, 0) is 61.7 Å². The highest BCUT2D eigenvalue weighted by atomic mass is 35.5. The Morgan fingerprint density at radius 2 is 1.62 bits per heavy atom. The second kappa shape index (κ2) is 8.50. The van der Waals surface area contributed by atoms with Crippen LogP contribution in [-0.2, 0) is 6.54 Å². The topological polar surface area (TPSA) is 44.8 Å². The molecule has 34 heavy (non-hydrogen) atoms. The van der Waals surface area contributed by atoms with Gasteiger partial charge in [-0.25, -0.2) is 9.48 Å². The van der Waals surface area contributed by atoms with E-state index >= 15 is 0 Å². The first-order chi connectivity index (χ1) is 16.7. The molecule has 6 heteroatoms. The van der Waals surface area contributed by atoms with Crippen molar-refractivity contribution in [1.29, 1.82) is 0 Å². The fraction of sp³-hybridized carbons (Fsp3) is 0.143. The Morgan fingerprint density at radius 1 is 0.882 bits per heavy atom. The molecule has 0 saturated heterocycles. The molecule has 1 aliphatic carbocycles. The average molecular weight is 467 g/mol. The standard InChI is InChI=1S/C28H23ClN4O/c29-21-16-14-20(15-17-21)25-18-24(33(30-25)23-10-2-1-3-11-23)19-31-26-12-6-7-13-27(26)32(28(31)34)22-8-4-5-9-22/h1-3,6-8,10-18H,4-5,9,19H2. The lowest BCUT2D eigenvalue weighted by molar-refractivity contribution is 0.704. The van der Waals surface area contributed by atoms with Gasteiger partial charge in [0.1, 0.15) is 0 Å². The van der Waals surface area contributed by atoms with Gasteiger partial charge in [0, 0.05) is 16.3 Å². The predicted molar refractivity (Wildman–Crippen MR) is 137 cm³/mol. The van der Waals surface area contributed by atoms with E-state index in [1.807, 2.05) is 92.7 Å². The second-order valence-electron chi connectivity index (χ2n) is 8.56. The lowest BCUT2D eigenvalue weighted by atomic mass is 10.1. The summed E-state index contributed by atoms with van der Waals surface area (Å²) in [6, 6.07) is 27.8. The average Bonchev–Trinajstić information content (AvgIpc) is 3.60. The van der Waals surface area contributed by atoms with Crippen LogP contribution in [0.4, 0.5) is 0 Å². The van der Waals surface area contributed by atoms with Crippen LogP contribution in [0.25, 0.3) is 33.7 Å². The molecular formula is C28H23ClN4O. The first kappa shape index (κ1) is 20.8. The van der Waals surface area contributed by atoms with Crippen molar-refractivity contribution in [1.82, 2.24) is 18.9 Å². The largest absolute Gasteiger partial charge is 0.333 e. The third-order valence-electron chi connectivity index (χ3n) is 6.38. The molecule has 5 nitrogen and oxygen atoms in total. The molecule has 0 unspecified atom stereocenters. The zero-order valence-electron chi connectivity index (χ0n) is 18.6. The summed E-state index contributed by atoms with van der Waals surface area (Å²) in [4.78, 5) is 13.7. The molecule has 0 fully saturated rings. The Kier molecular flexibility index (Phi) is 5.19. The summed E-state index contributed by atoms with van der Waals surface area (Å²) >= 11 is 6.10. The molecule has 0 amide bonds. The fourth-order valence-corrected chi connectivity index (χ4v) is 4.87. The van der Waals surface area contributed by atoms with Crippen LogP contribution in [0.2, 0.25) is 5.02 Å². The van der Waals surface area contributed by atoms with E-state index < -0.39 is 0 Å². The van der Waals surface area contributed by atoms with Crippen molar-refractivity contribution in [3.05, 3.63) is 112 Å². The molecule has 2 heterocycles. The molecule has 0 atom stereocenters. The number of imidazole rings is 1. The molecule has 6 rings (SSSR count). The first-order valence-electron chi connectivity index (χ1n) is 11.5. The number of nitrogens with zero attached hydrogens (tertiary/aromatic N) is 4. The van der Waals surface area contributed by atoms with Crippen LogP contribution >= 0.6 is 11.6 Å². The van der Waals surface area contributed by atoms with Crippen LogP contribution in [0, 0.1) is 0 Å². The quantitative estimate of drug-likeness (QED) is 0.301. The van der Waals surface area contributed by atoms with Crippen LogP contribution in [0.15, 0.2) is 95.8 Å². The molecule has 0 aliphatic heterocycles. The summed E-state index contributed by atoms with van der Waals surface area (Å²) in [5.74, 6) is 0. The van der Waals surface area contributed by atoms with Gasteiger partial charge in [0.2, 0.25) is 0 Å². The second-order valence-corrected chi connectivity index (χ2v) is 8.99. The molecule has 5 aromatic rings. The molecule has 0 spiro atoms. The highest BCUT2D eigenvalue weighted by molar-refractivity contribution is 6.30. The normalized spacial score (nSPS) is 13.5. The molecule has 0 radical (unpaired) electrons. The van der Waals surface area contributed by atoms with Crippen LogP contribution < -0.4 is 5.69 Å². The predicted octanol–water partition coefficient (Wildman–Crippen LogP) is 6.38. The zero-order valence-corrected chi connectivity index (χ0v) is 19.3. The summed E-state index contributed by atoms with van der Waals surface area (Å²) in [6.45, 7) is 0.412. The number of hydrogen-bond acceptors (Lipinski definition) is 2. The molecule has 0 N–H and O–H groups in total. The van der Waals surface area contributed by atoms with Crippen molar-refractivity contribution in [3.63, 3.8) is 0 Å². The van der Waals surface area contributed by atoms with Crippen molar-refractivity contribution in [3.8, 4) is 16.9 Å². The van der Waals surface area contributed by atoms with Crippen LogP contribution in [0.3, 0.4) is 0 Å². The lowest BCUT2D eigenvalue weighted by Crippen LogP contribution is -2.25. The maximum absolute atomic E-state index is 13.7. The van der Waals surface area contributed by atoms with Crippen molar-refractivity contribution in [2.45, 2.75) is 25.8 Å². The number of hydrogen-bond donors (Lipinski definition) is 0. The highest BCUT2D eigenvalue weighted by Gasteiger charge is 2.20. The van der Waals surface area contributed by atoms with E-state index in [9.17, 15) is 4.79 Å². The Bertz CT molecular complexity index is 1570. The molecular weight excluding hydrogens is 444 g/mol. The monoisotopic (exact) mass is 466 g/mol. The molecule has 3 aromatic carbocycles. The van der Waals surface area contributed by atoms with E-state index in [4.69, 9.17) is 16.7 Å². The van der Waals surface area contributed by atoms with Gasteiger partial charge in [-0.15, -0.1) is 0 Å². The number of para-hydroxylation sites is 3. The Balaban J connectivity index is 1.51. The summed E-state index contributed by atoms with van der Waals surface area (Å²) in [5, 5.41) is 5.60. The van der Waals surface area contributed by atoms with E-state index in [-0.39, 0.29) is 5.69 Å². The van der Waals surface area contributed by atoms with Gasteiger partial charge in [0.05, 0.1) is 34.7 Å². The lowest BCUT2D eigenvalue weighted by Gasteiger charge is -2.08. The van der Waals surface area contributed by atoms with Crippen molar-refractivity contribution < 1.29 is 0 Å². The molecule has 0 saturated carbocycles. The highest BCUT2D eigenvalue weighted by Crippen LogP contribution is 2.27. The fourth-order valence-electron chi connectivity index (χ4n) is 4.74. The Labute approximate surface area is 202 Å². The minimum absolute atomic E-state index is 0.0109. The van der Waals surface area contributed by atoms with Gasteiger partial charge in [-0.1, -0.05) is 60.1 Å². The summed E-state index contributed by atoms with van der Waals surface area (Å²) in [6.07, 6.45) is 5.22. The van der Waals surface area contributed by atoms with Gasteiger partial charge in [0.25, 0.3) is 0 Å². The van der Waals surface area contributed by atoms with Gasteiger partial charge in [-0.2, -0.15) is 5.10 Å². The minimum Gasteiger partial charge on any atom is -0.286 e.